The summed E-state index contributed by atoms with van der Waals surface area (Å²) in [5.74, 6) is 6.81. The third-order valence-electron chi connectivity index (χ3n) is 2.23. The minimum Gasteiger partial charge on any atom is -0.361 e. The third kappa shape index (κ3) is 2.29. The summed E-state index contributed by atoms with van der Waals surface area (Å²) in [7, 11) is 0. The Bertz CT molecular complexity index is 619. The van der Waals surface area contributed by atoms with E-state index in [1.807, 2.05) is 12.1 Å². The molecule has 0 amide bonds. The van der Waals surface area contributed by atoms with Gasteiger partial charge in [-0.3, -0.25) is 4.79 Å². The van der Waals surface area contributed by atoms with E-state index in [0.717, 1.165) is 23.3 Å². The van der Waals surface area contributed by atoms with Gasteiger partial charge < -0.3 is 4.98 Å². The van der Waals surface area contributed by atoms with Crippen LogP contribution in [0.3, 0.4) is 0 Å². The minimum absolute atomic E-state index is 0.0311. The molecule has 0 unspecified atom stereocenters. The van der Waals surface area contributed by atoms with Crippen LogP contribution < -0.4 is 5.43 Å². The van der Waals surface area contributed by atoms with Gasteiger partial charge >= 0.3 is 0 Å². The molecule has 0 spiro atoms. The van der Waals surface area contributed by atoms with Crippen LogP contribution in [0.15, 0.2) is 35.3 Å². The highest BCUT2D eigenvalue weighted by molar-refractivity contribution is 7.80. The van der Waals surface area contributed by atoms with Crippen LogP contribution in [-0.4, -0.2) is 10.7 Å². The first kappa shape index (κ1) is 10.8. The van der Waals surface area contributed by atoms with Crippen molar-refractivity contribution in [1.82, 2.24) is 4.98 Å². The molecule has 16 heavy (non-hydrogen) atoms. The molecule has 0 aliphatic carbocycles. The molecule has 2 rings (SSSR count). The van der Waals surface area contributed by atoms with E-state index >= 15 is 0 Å². The van der Waals surface area contributed by atoms with Gasteiger partial charge in [0.2, 0.25) is 0 Å². The molecule has 0 saturated heterocycles. The highest BCUT2D eigenvalue weighted by atomic mass is 32.1. The summed E-state index contributed by atoms with van der Waals surface area (Å²) in [4.78, 5) is 14.5. The first-order valence-corrected chi connectivity index (χ1v) is 5.66. The molecule has 0 saturated carbocycles. The number of fused-ring (bicyclic) bond motifs is 1. The SMILES string of the molecule is O=c1cc[nH]c2cc(C#CCCS)ccc12. The summed E-state index contributed by atoms with van der Waals surface area (Å²) in [6, 6.07) is 7.08. The molecule has 1 aromatic carbocycles. The van der Waals surface area contributed by atoms with Crippen LogP contribution in [-0.2, 0) is 0 Å². The molecule has 1 heterocycles. The Morgan fingerprint density at radius 3 is 3.00 bits per heavy atom. The Morgan fingerprint density at radius 1 is 1.31 bits per heavy atom. The molecule has 0 fully saturated rings. The van der Waals surface area contributed by atoms with E-state index in [2.05, 4.69) is 29.5 Å². The Hall–Kier alpha value is -1.66. The number of nitrogens with one attached hydrogen (secondary N) is 1. The van der Waals surface area contributed by atoms with Crippen molar-refractivity contribution in [2.45, 2.75) is 6.42 Å². The van der Waals surface area contributed by atoms with Gasteiger partial charge in [-0.1, -0.05) is 11.8 Å². The molecule has 2 aromatic rings. The number of pyridine rings is 1. The van der Waals surface area contributed by atoms with E-state index in [-0.39, 0.29) is 5.43 Å². The molecule has 0 atom stereocenters. The third-order valence-corrected chi connectivity index (χ3v) is 2.45. The summed E-state index contributed by atoms with van der Waals surface area (Å²) in [6.45, 7) is 0. The van der Waals surface area contributed by atoms with Crippen molar-refractivity contribution in [1.29, 1.82) is 0 Å². The maximum absolute atomic E-state index is 11.5. The number of rotatable bonds is 1. The first-order valence-electron chi connectivity index (χ1n) is 5.02. The molecule has 0 radical (unpaired) electrons. The fraction of sp³-hybridized carbons (Fsp3) is 0.154. The minimum atomic E-state index is 0.0311. The van der Waals surface area contributed by atoms with Crippen molar-refractivity contribution >= 4 is 23.5 Å². The van der Waals surface area contributed by atoms with Gasteiger partial charge in [0.05, 0.1) is 5.52 Å². The normalized spacial score (nSPS) is 9.81. The largest absolute Gasteiger partial charge is 0.361 e. The van der Waals surface area contributed by atoms with E-state index in [1.54, 1.807) is 12.3 Å². The highest BCUT2D eigenvalue weighted by Crippen LogP contribution is 2.08. The maximum atomic E-state index is 11.5. The smallest absolute Gasteiger partial charge is 0.189 e. The number of thiol groups is 1. The number of benzene rings is 1. The molecule has 80 valence electrons. The van der Waals surface area contributed by atoms with Crippen molar-refractivity contribution in [2.75, 3.05) is 5.75 Å². The van der Waals surface area contributed by atoms with Crippen molar-refractivity contribution in [3.63, 3.8) is 0 Å². The standard InChI is InChI=1S/C13H11NOS/c15-13-6-7-14-12-9-10(3-1-2-8-16)4-5-11(12)13/h4-7,9,16H,2,8H2,(H,14,15). The Kier molecular flexibility index (Phi) is 3.33. The quantitative estimate of drug-likeness (QED) is 0.570. The van der Waals surface area contributed by atoms with E-state index in [4.69, 9.17) is 0 Å². The first-order chi connectivity index (χ1) is 7.81. The molecular weight excluding hydrogens is 218 g/mol. The van der Waals surface area contributed by atoms with Crippen LogP contribution in [0, 0.1) is 11.8 Å². The lowest BCUT2D eigenvalue weighted by atomic mass is 10.1. The van der Waals surface area contributed by atoms with Crippen molar-refractivity contribution in [3.05, 3.63) is 46.2 Å². The zero-order valence-electron chi connectivity index (χ0n) is 8.66. The van der Waals surface area contributed by atoms with Gasteiger partial charge in [0.25, 0.3) is 0 Å². The van der Waals surface area contributed by atoms with Crippen LogP contribution in [0.5, 0.6) is 0 Å². The van der Waals surface area contributed by atoms with E-state index < -0.39 is 0 Å². The average molecular weight is 229 g/mol. The van der Waals surface area contributed by atoms with Crippen molar-refractivity contribution in [2.24, 2.45) is 0 Å². The molecule has 2 nitrogen and oxygen atoms in total. The fourth-order valence-corrected chi connectivity index (χ4v) is 1.59. The van der Waals surface area contributed by atoms with Crippen LogP contribution in [0.1, 0.15) is 12.0 Å². The van der Waals surface area contributed by atoms with E-state index in [1.165, 1.54) is 6.07 Å². The fourth-order valence-electron chi connectivity index (χ4n) is 1.47. The van der Waals surface area contributed by atoms with Crippen LogP contribution in [0.4, 0.5) is 0 Å². The summed E-state index contributed by atoms with van der Waals surface area (Å²) < 4.78 is 0. The van der Waals surface area contributed by atoms with Crippen LogP contribution in [0.2, 0.25) is 0 Å². The Morgan fingerprint density at radius 2 is 2.19 bits per heavy atom. The second kappa shape index (κ2) is 4.91. The predicted octanol–water partition coefficient (Wildman–Crippen LogP) is 2.20. The van der Waals surface area contributed by atoms with Gasteiger partial charge in [-0.25, -0.2) is 0 Å². The van der Waals surface area contributed by atoms with Crippen molar-refractivity contribution < 1.29 is 0 Å². The monoisotopic (exact) mass is 229 g/mol. The second-order valence-electron chi connectivity index (χ2n) is 3.38. The molecule has 1 aromatic heterocycles. The lowest BCUT2D eigenvalue weighted by Crippen LogP contribution is -1.99. The Labute approximate surface area is 99.1 Å². The number of H-pyrrole nitrogens is 1. The van der Waals surface area contributed by atoms with Gasteiger partial charge in [0.15, 0.2) is 5.43 Å². The summed E-state index contributed by atoms with van der Waals surface area (Å²) in [5.41, 5.74) is 1.77. The van der Waals surface area contributed by atoms with Gasteiger partial charge in [-0.15, -0.1) is 0 Å². The highest BCUT2D eigenvalue weighted by Gasteiger charge is 1.97. The Balaban J connectivity index is 2.46. The zero-order valence-corrected chi connectivity index (χ0v) is 9.55. The molecule has 0 aliphatic rings. The molecule has 0 aliphatic heterocycles. The van der Waals surface area contributed by atoms with Crippen LogP contribution in [0.25, 0.3) is 10.9 Å². The molecule has 1 N–H and O–H groups in total. The topological polar surface area (TPSA) is 32.9 Å². The van der Waals surface area contributed by atoms with E-state index in [0.29, 0.717) is 5.39 Å². The number of hydrogen-bond donors (Lipinski definition) is 2. The summed E-state index contributed by atoms with van der Waals surface area (Å²) >= 11 is 4.09. The number of hydrogen-bond acceptors (Lipinski definition) is 2. The van der Waals surface area contributed by atoms with Gasteiger partial charge in [-0.05, 0) is 18.2 Å². The molecular formula is C13H11NOS. The molecule has 3 heteroatoms. The van der Waals surface area contributed by atoms with Crippen molar-refractivity contribution in [3.8, 4) is 11.8 Å². The average Bonchev–Trinajstić information content (AvgIpc) is 2.30. The summed E-state index contributed by atoms with van der Waals surface area (Å²) in [6.07, 6.45) is 2.42. The number of aromatic amines is 1. The summed E-state index contributed by atoms with van der Waals surface area (Å²) in [5, 5.41) is 0.697. The van der Waals surface area contributed by atoms with Gasteiger partial charge in [-0.2, -0.15) is 12.6 Å². The molecule has 0 bridgehead atoms. The lowest BCUT2D eigenvalue weighted by Gasteiger charge is -1.97. The zero-order chi connectivity index (χ0) is 11.4. The number of aromatic nitrogens is 1. The van der Waals surface area contributed by atoms with Gasteiger partial charge in [0.1, 0.15) is 0 Å². The lowest BCUT2D eigenvalue weighted by molar-refractivity contribution is 1.31. The maximum Gasteiger partial charge on any atom is 0.189 e. The van der Waals surface area contributed by atoms with E-state index in [9.17, 15) is 4.79 Å². The van der Waals surface area contributed by atoms with Crippen LogP contribution >= 0.6 is 12.6 Å². The van der Waals surface area contributed by atoms with Gasteiger partial charge in [0, 0.05) is 35.4 Å². The predicted molar refractivity (Wildman–Crippen MR) is 69.9 cm³/mol. The second-order valence-corrected chi connectivity index (χ2v) is 3.82.